The maximum Gasteiger partial charge on any atom is 0.236 e. The largest absolute Gasteiger partial charge is 0.341 e. The van der Waals surface area contributed by atoms with Gasteiger partial charge in [0.1, 0.15) is 0 Å². The van der Waals surface area contributed by atoms with Crippen molar-refractivity contribution in [3.05, 3.63) is 0 Å². The predicted molar refractivity (Wildman–Crippen MR) is 82.3 cm³/mol. The number of rotatable bonds is 4. The van der Waals surface area contributed by atoms with Gasteiger partial charge in [-0.15, -0.1) is 0 Å². The maximum absolute atomic E-state index is 12.5. The van der Waals surface area contributed by atoms with Crippen molar-refractivity contribution in [1.82, 2.24) is 9.80 Å². The Bertz CT molecular complexity index is 324. The quantitative estimate of drug-likeness (QED) is 0.850. The van der Waals surface area contributed by atoms with E-state index in [0.29, 0.717) is 36.2 Å². The zero-order valence-electron chi connectivity index (χ0n) is 13.3. The third kappa shape index (κ3) is 3.73. The van der Waals surface area contributed by atoms with E-state index in [2.05, 4.69) is 30.7 Å². The van der Waals surface area contributed by atoms with E-state index in [9.17, 15) is 4.79 Å². The van der Waals surface area contributed by atoms with Gasteiger partial charge in [0.15, 0.2) is 0 Å². The Labute approximate surface area is 123 Å². The maximum atomic E-state index is 12.5. The highest BCUT2D eigenvalue weighted by atomic mass is 16.2. The zero-order chi connectivity index (χ0) is 14.7. The Balaban J connectivity index is 1.87. The number of nitrogens with zero attached hydrogens (tertiary/aromatic N) is 2. The number of piperidine rings is 1. The van der Waals surface area contributed by atoms with E-state index in [1.807, 2.05) is 0 Å². The highest BCUT2D eigenvalue weighted by Crippen LogP contribution is 2.28. The molecule has 4 heteroatoms. The van der Waals surface area contributed by atoms with Crippen LogP contribution in [0.15, 0.2) is 0 Å². The number of carbonyl (C=O) groups excluding carboxylic acids is 1. The van der Waals surface area contributed by atoms with E-state index in [0.717, 1.165) is 19.6 Å². The minimum atomic E-state index is 0.300. The van der Waals surface area contributed by atoms with Gasteiger partial charge in [-0.1, -0.05) is 20.3 Å². The van der Waals surface area contributed by atoms with Crippen LogP contribution in [0.25, 0.3) is 0 Å². The fraction of sp³-hybridized carbons (Fsp3) is 0.938. The number of likely N-dealkylation sites (tertiary alicyclic amines) is 1. The summed E-state index contributed by atoms with van der Waals surface area (Å²) in [6, 6.07) is 0.503. The molecule has 116 valence electrons. The minimum absolute atomic E-state index is 0.300. The van der Waals surface area contributed by atoms with Crippen LogP contribution in [0, 0.1) is 17.8 Å². The molecule has 0 bridgehead atoms. The van der Waals surface area contributed by atoms with Crippen molar-refractivity contribution >= 4 is 5.91 Å². The molecule has 1 aliphatic heterocycles. The van der Waals surface area contributed by atoms with E-state index in [1.54, 1.807) is 0 Å². The van der Waals surface area contributed by atoms with Crippen molar-refractivity contribution < 1.29 is 4.79 Å². The van der Waals surface area contributed by atoms with Crippen LogP contribution < -0.4 is 5.73 Å². The summed E-state index contributed by atoms with van der Waals surface area (Å²) < 4.78 is 0. The van der Waals surface area contributed by atoms with Crippen LogP contribution in [-0.2, 0) is 4.79 Å². The summed E-state index contributed by atoms with van der Waals surface area (Å²) in [4.78, 5) is 16.8. The second kappa shape index (κ2) is 6.90. The SMILES string of the molecule is CC1CC(C)CN(C(=O)CN(C)C2CCCC2CN)C1. The molecule has 1 amide bonds. The van der Waals surface area contributed by atoms with Gasteiger partial charge in [-0.05, 0) is 50.6 Å². The van der Waals surface area contributed by atoms with E-state index in [1.165, 1.54) is 25.7 Å². The van der Waals surface area contributed by atoms with Crippen molar-refractivity contribution in [2.75, 3.05) is 33.2 Å². The van der Waals surface area contributed by atoms with E-state index < -0.39 is 0 Å². The highest BCUT2D eigenvalue weighted by molar-refractivity contribution is 5.78. The van der Waals surface area contributed by atoms with Crippen molar-refractivity contribution in [3.63, 3.8) is 0 Å². The van der Waals surface area contributed by atoms with E-state index in [-0.39, 0.29) is 0 Å². The van der Waals surface area contributed by atoms with Crippen LogP contribution in [0.1, 0.15) is 39.5 Å². The molecule has 0 spiro atoms. The van der Waals surface area contributed by atoms with Crippen LogP contribution in [0.3, 0.4) is 0 Å². The first-order valence-electron chi connectivity index (χ1n) is 8.19. The van der Waals surface area contributed by atoms with Gasteiger partial charge in [0.2, 0.25) is 5.91 Å². The third-order valence-corrected chi connectivity index (χ3v) is 5.09. The molecular weight excluding hydrogens is 250 g/mol. The summed E-state index contributed by atoms with van der Waals surface area (Å²) in [5, 5.41) is 0. The fourth-order valence-corrected chi connectivity index (χ4v) is 4.17. The smallest absolute Gasteiger partial charge is 0.236 e. The van der Waals surface area contributed by atoms with Gasteiger partial charge in [0, 0.05) is 19.1 Å². The van der Waals surface area contributed by atoms with Crippen LogP contribution >= 0.6 is 0 Å². The lowest BCUT2D eigenvalue weighted by molar-refractivity contribution is -0.135. The van der Waals surface area contributed by atoms with Gasteiger partial charge in [0.25, 0.3) is 0 Å². The lowest BCUT2D eigenvalue weighted by atomic mass is 9.92. The first-order valence-corrected chi connectivity index (χ1v) is 8.19. The molecule has 2 fully saturated rings. The lowest BCUT2D eigenvalue weighted by Gasteiger charge is -2.37. The van der Waals surface area contributed by atoms with Crippen molar-refractivity contribution in [3.8, 4) is 0 Å². The number of amides is 1. The molecule has 1 saturated heterocycles. The molecule has 20 heavy (non-hydrogen) atoms. The first-order chi connectivity index (χ1) is 9.51. The number of carbonyl (C=O) groups is 1. The van der Waals surface area contributed by atoms with Crippen molar-refractivity contribution in [2.45, 2.75) is 45.6 Å². The van der Waals surface area contributed by atoms with Gasteiger partial charge in [0.05, 0.1) is 6.54 Å². The zero-order valence-corrected chi connectivity index (χ0v) is 13.3. The van der Waals surface area contributed by atoms with Crippen LogP contribution in [0.5, 0.6) is 0 Å². The second-order valence-corrected chi connectivity index (χ2v) is 7.15. The molecule has 0 aromatic rings. The van der Waals surface area contributed by atoms with Crippen molar-refractivity contribution in [1.29, 1.82) is 0 Å². The van der Waals surface area contributed by atoms with Gasteiger partial charge in [-0.2, -0.15) is 0 Å². The Hall–Kier alpha value is -0.610. The monoisotopic (exact) mass is 281 g/mol. The molecule has 1 saturated carbocycles. The molecule has 1 aliphatic carbocycles. The summed E-state index contributed by atoms with van der Waals surface area (Å²) >= 11 is 0. The molecule has 2 N–H and O–H groups in total. The average Bonchev–Trinajstić information content (AvgIpc) is 2.85. The van der Waals surface area contributed by atoms with E-state index >= 15 is 0 Å². The molecule has 0 aromatic carbocycles. The van der Waals surface area contributed by atoms with Crippen molar-refractivity contribution in [2.24, 2.45) is 23.5 Å². The fourth-order valence-electron chi connectivity index (χ4n) is 4.17. The highest BCUT2D eigenvalue weighted by Gasteiger charge is 2.32. The molecule has 4 atom stereocenters. The van der Waals surface area contributed by atoms with Crippen LogP contribution in [0.4, 0.5) is 0 Å². The molecule has 1 heterocycles. The first kappa shape index (κ1) is 15.8. The topological polar surface area (TPSA) is 49.6 Å². The molecule has 2 aliphatic rings. The molecule has 0 aromatic heterocycles. The summed E-state index contributed by atoms with van der Waals surface area (Å²) in [7, 11) is 2.09. The van der Waals surface area contributed by atoms with Gasteiger partial charge in [-0.25, -0.2) is 0 Å². The van der Waals surface area contributed by atoms with E-state index in [4.69, 9.17) is 5.73 Å². The Morgan fingerprint density at radius 1 is 1.25 bits per heavy atom. The normalized spacial score (nSPS) is 34.8. The number of likely N-dealkylation sites (N-methyl/N-ethyl adjacent to an activating group) is 1. The lowest BCUT2D eigenvalue weighted by Crippen LogP contribution is -2.49. The molecule has 2 rings (SSSR count). The molecular formula is C16H31N3O. The summed E-state index contributed by atoms with van der Waals surface area (Å²) in [5.74, 6) is 2.15. The van der Waals surface area contributed by atoms with Crippen LogP contribution in [-0.4, -0.2) is 55.0 Å². The predicted octanol–water partition coefficient (Wildman–Crippen LogP) is 1.55. The summed E-state index contributed by atoms with van der Waals surface area (Å²) in [5.41, 5.74) is 5.85. The summed E-state index contributed by atoms with van der Waals surface area (Å²) in [6.45, 7) is 7.67. The standard InChI is InChI=1S/C16H31N3O/c1-12-7-13(2)10-19(9-12)16(20)11-18(3)15-6-4-5-14(15)8-17/h12-15H,4-11,17H2,1-3H3. The number of hydrogen-bond acceptors (Lipinski definition) is 3. The second-order valence-electron chi connectivity index (χ2n) is 7.15. The third-order valence-electron chi connectivity index (χ3n) is 5.09. The van der Waals surface area contributed by atoms with Gasteiger partial charge >= 0.3 is 0 Å². The molecule has 0 radical (unpaired) electrons. The molecule has 4 unspecified atom stereocenters. The average molecular weight is 281 g/mol. The van der Waals surface area contributed by atoms with Gasteiger partial charge < -0.3 is 10.6 Å². The number of nitrogens with two attached hydrogens (primary N) is 1. The van der Waals surface area contributed by atoms with Crippen LogP contribution in [0.2, 0.25) is 0 Å². The Morgan fingerprint density at radius 3 is 2.50 bits per heavy atom. The molecule has 4 nitrogen and oxygen atoms in total. The Kier molecular flexibility index (Phi) is 5.44. The number of hydrogen-bond donors (Lipinski definition) is 1. The summed E-state index contributed by atoms with van der Waals surface area (Å²) in [6.07, 6.45) is 4.91. The minimum Gasteiger partial charge on any atom is -0.341 e. The Morgan fingerprint density at radius 2 is 1.90 bits per heavy atom. The van der Waals surface area contributed by atoms with Gasteiger partial charge in [-0.3, -0.25) is 9.69 Å².